The summed E-state index contributed by atoms with van der Waals surface area (Å²) < 4.78 is 5.35. The van der Waals surface area contributed by atoms with Crippen molar-refractivity contribution < 1.29 is 19.4 Å². The number of rotatable bonds is 5. The minimum Gasteiger partial charge on any atom is -0.478 e. The van der Waals surface area contributed by atoms with Crippen LogP contribution < -0.4 is 4.90 Å². The number of carbonyl (C=O) groups is 2. The fourth-order valence-electron chi connectivity index (χ4n) is 2.68. The second kappa shape index (κ2) is 7.77. The summed E-state index contributed by atoms with van der Waals surface area (Å²) in [6.45, 7) is 3.04. The molecule has 0 aromatic heterocycles. The summed E-state index contributed by atoms with van der Waals surface area (Å²) in [4.78, 5) is 25.4. The van der Waals surface area contributed by atoms with E-state index in [1.807, 2.05) is 18.2 Å². The molecule has 0 aliphatic carbocycles. The molecule has 128 valence electrons. The second-order valence-corrected chi connectivity index (χ2v) is 5.77. The first-order chi connectivity index (χ1) is 12.1. The molecule has 0 unspecified atom stereocenters. The number of ketones is 1. The van der Waals surface area contributed by atoms with E-state index in [4.69, 9.17) is 9.84 Å². The Bertz CT molecular complexity index is 790. The van der Waals surface area contributed by atoms with Gasteiger partial charge < -0.3 is 14.7 Å². The van der Waals surface area contributed by atoms with Gasteiger partial charge in [0.2, 0.25) is 0 Å². The van der Waals surface area contributed by atoms with Crippen molar-refractivity contribution in [1.29, 1.82) is 0 Å². The third-order valence-corrected chi connectivity index (χ3v) is 4.09. The largest absolute Gasteiger partial charge is 0.478 e. The molecule has 1 aliphatic rings. The van der Waals surface area contributed by atoms with Gasteiger partial charge in [-0.25, -0.2) is 4.79 Å². The van der Waals surface area contributed by atoms with Crippen LogP contribution in [-0.2, 0) is 4.74 Å². The Labute approximate surface area is 146 Å². The van der Waals surface area contributed by atoms with Crippen LogP contribution in [0.25, 0.3) is 6.08 Å². The zero-order valence-corrected chi connectivity index (χ0v) is 13.7. The molecule has 2 aromatic rings. The van der Waals surface area contributed by atoms with Gasteiger partial charge in [0, 0.05) is 24.3 Å². The highest BCUT2D eigenvalue weighted by molar-refractivity contribution is 6.07. The maximum Gasteiger partial charge on any atom is 0.335 e. The number of hydrogen-bond acceptors (Lipinski definition) is 4. The van der Waals surface area contributed by atoms with Crippen LogP contribution in [0.2, 0.25) is 0 Å². The molecule has 1 aliphatic heterocycles. The molecule has 3 rings (SSSR count). The highest BCUT2D eigenvalue weighted by Crippen LogP contribution is 2.18. The highest BCUT2D eigenvalue weighted by Gasteiger charge is 2.12. The smallest absolute Gasteiger partial charge is 0.335 e. The van der Waals surface area contributed by atoms with Gasteiger partial charge in [-0.2, -0.15) is 0 Å². The number of carboxylic acids is 1. The zero-order valence-electron chi connectivity index (χ0n) is 13.7. The first kappa shape index (κ1) is 16.9. The summed E-state index contributed by atoms with van der Waals surface area (Å²) in [5.74, 6) is -1.05. The average Bonchev–Trinajstić information content (AvgIpc) is 2.67. The van der Waals surface area contributed by atoms with Gasteiger partial charge in [0.1, 0.15) is 0 Å². The van der Waals surface area contributed by atoms with Crippen LogP contribution in [0.5, 0.6) is 0 Å². The molecule has 1 saturated heterocycles. The molecule has 0 spiro atoms. The summed E-state index contributed by atoms with van der Waals surface area (Å²) in [7, 11) is 0. The molecule has 5 heteroatoms. The number of hydrogen-bond donors (Lipinski definition) is 1. The Hall–Kier alpha value is -2.92. The molecule has 0 bridgehead atoms. The number of allylic oxidation sites excluding steroid dienone is 1. The van der Waals surface area contributed by atoms with Crippen molar-refractivity contribution >= 4 is 23.5 Å². The lowest BCUT2D eigenvalue weighted by atomic mass is 10.1. The second-order valence-electron chi connectivity index (χ2n) is 5.77. The molecule has 1 N–H and O–H groups in total. The van der Waals surface area contributed by atoms with Gasteiger partial charge in [-0.05, 0) is 35.9 Å². The van der Waals surface area contributed by atoms with Crippen LogP contribution >= 0.6 is 0 Å². The van der Waals surface area contributed by atoms with E-state index in [0.29, 0.717) is 18.8 Å². The predicted octanol–water partition coefficient (Wildman–Crippen LogP) is 3.12. The lowest BCUT2D eigenvalue weighted by molar-refractivity contribution is 0.0696. The number of aromatic carboxylic acids is 1. The summed E-state index contributed by atoms with van der Waals surface area (Å²) >= 11 is 0. The van der Waals surface area contributed by atoms with E-state index in [1.165, 1.54) is 18.2 Å². The number of carbonyl (C=O) groups excluding carboxylic acids is 1. The Morgan fingerprint density at radius 1 is 1.00 bits per heavy atom. The Balaban J connectivity index is 1.71. The van der Waals surface area contributed by atoms with Crippen molar-refractivity contribution in [2.24, 2.45) is 0 Å². The number of carboxylic acid groups (broad SMARTS) is 1. The van der Waals surface area contributed by atoms with Crippen molar-refractivity contribution in [3.05, 3.63) is 71.3 Å². The highest BCUT2D eigenvalue weighted by atomic mass is 16.5. The van der Waals surface area contributed by atoms with Gasteiger partial charge >= 0.3 is 5.97 Å². The minimum absolute atomic E-state index is 0.0857. The minimum atomic E-state index is -0.966. The lowest BCUT2D eigenvalue weighted by Gasteiger charge is -2.29. The number of morpholine rings is 1. The van der Waals surface area contributed by atoms with Crippen molar-refractivity contribution in [2.75, 3.05) is 31.2 Å². The van der Waals surface area contributed by atoms with Crippen molar-refractivity contribution in [2.45, 2.75) is 0 Å². The van der Waals surface area contributed by atoms with Crippen molar-refractivity contribution in [3.63, 3.8) is 0 Å². The summed E-state index contributed by atoms with van der Waals surface area (Å²) in [5, 5.41) is 8.89. The molecule has 0 radical (unpaired) electrons. The number of anilines is 1. The number of nitrogens with zero attached hydrogens (tertiary/aromatic N) is 1. The van der Waals surface area contributed by atoms with Crippen LogP contribution in [0, 0.1) is 0 Å². The van der Waals surface area contributed by atoms with E-state index in [2.05, 4.69) is 4.90 Å². The van der Waals surface area contributed by atoms with Gasteiger partial charge in [0.05, 0.1) is 18.8 Å². The maximum atomic E-state index is 12.4. The fraction of sp³-hybridized carbons (Fsp3) is 0.200. The first-order valence-electron chi connectivity index (χ1n) is 8.12. The molecule has 25 heavy (non-hydrogen) atoms. The monoisotopic (exact) mass is 337 g/mol. The first-order valence-corrected chi connectivity index (χ1v) is 8.12. The molecule has 0 atom stereocenters. The average molecular weight is 337 g/mol. The fourth-order valence-corrected chi connectivity index (χ4v) is 2.68. The van der Waals surface area contributed by atoms with Gasteiger partial charge in [-0.1, -0.05) is 30.3 Å². The Kier molecular flexibility index (Phi) is 5.26. The number of benzene rings is 2. The summed E-state index contributed by atoms with van der Waals surface area (Å²) in [6, 6.07) is 14.0. The Morgan fingerprint density at radius 2 is 1.72 bits per heavy atom. The van der Waals surface area contributed by atoms with Crippen molar-refractivity contribution in [1.82, 2.24) is 0 Å². The van der Waals surface area contributed by atoms with Gasteiger partial charge in [-0.15, -0.1) is 0 Å². The normalized spacial score (nSPS) is 14.6. The van der Waals surface area contributed by atoms with Crippen LogP contribution in [0.15, 0.2) is 54.6 Å². The topological polar surface area (TPSA) is 66.8 Å². The van der Waals surface area contributed by atoms with E-state index < -0.39 is 5.97 Å². The van der Waals surface area contributed by atoms with Gasteiger partial charge in [0.25, 0.3) is 0 Å². The molecule has 2 aromatic carbocycles. The van der Waals surface area contributed by atoms with E-state index in [9.17, 15) is 9.59 Å². The standard InChI is InChI=1S/C20H19NO4/c22-19(9-6-15-4-7-16(8-5-15)20(23)24)17-2-1-3-18(14-17)21-10-12-25-13-11-21/h1-9,14H,10-13H2,(H,23,24)/b9-6+. The maximum absolute atomic E-state index is 12.4. The van der Waals surface area contributed by atoms with Gasteiger partial charge in [-0.3, -0.25) is 4.79 Å². The summed E-state index contributed by atoms with van der Waals surface area (Å²) in [5.41, 5.74) is 2.65. The summed E-state index contributed by atoms with van der Waals surface area (Å²) in [6.07, 6.45) is 3.20. The van der Waals surface area contributed by atoms with Crippen LogP contribution in [0.1, 0.15) is 26.3 Å². The molecule has 1 heterocycles. The van der Waals surface area contributed by atoms with E-state index in [0.717, 1.165) is 24.3 Å². The van der Waals surface area contributed by atoms with E-state index >= 15 is 0 Å². The molecule has 1 fully saturated rings. The molecule has 0 amide bonds. The molecular formula is C20H19NO4. The van der Waals surface area contributed by atoms with Crippen LogP contribution in [0.4, 0.5) is 5.69 Å². The van der Waals surface area contributed by atoms with E-state index in [1.54, 1.807) is 24.3 Å². The molecule has 0 saturated carbocycles. The molecule has 5 nitrogen and oxygen atoms in total. The van der Waals surface area contributed by atoms with Crippen LogP contribution in [-0.4, -0.2) is 43.2 Å². The van der Waals surface area contributed by atoms with Crippen LogP contribution in [0.3, 0.4) is 0 Å². The number of ether oxygens (including phenoxy) is 1. The molecular weight excluding hydrogens is 318 g/mol. The Morgan fingerprint density at radius 3 is 2.40 bits per heavy atom. The van der Waals surface area contributed by atoms with Crippen molar-refractivity contribution in [3.8, 4) is 0 Å². The predicted molar refractivity (Wildman–Crippen MR) is 96.2 cm³/mol. The third kappa shape index (κ3) is 4.33. The van der Waals surface area contributed by atoms with E-state index in [-0.39, 0.29) is 11.3 Å². The third-order valence-electron chi connectivity index (χ3n) is 4.09. The zero-order chi connectivity index (χ0) is 17.6. The van der Waals surface area contributed by atoms with Gasteiger partial charge in [0.15, 0.2) is 5.78 Å². The SMILES string of the molecule is O=C(O)c1ccc(/C=C/C(=O)c2cccc(N3CCOCC3)c2)cc1. The lowest BCUT2D eigenvalue weighted by Crippen LogP contribution is -2.36. The quantitative estimate of drug-likeness (QED) is 0.671.